The van der Waals surface area contributed by atoms with Crippen LogP contribution in [0.25, 0.3) is 0 Å². The van der Waals surface area contributed by atoms with Crippen molar-refractivity contribution < 1.29 is 5.11 Å². The highest BCUT2D eigenvalue weighted by Crippen LogP contribution is 2.43. The first-order valence-corrected chi connectivity index (χ1v) is 6.44. The summed E-state index contributed by atoms with van der Waals surface area (Å²) < 4.78 is 2.07. The number of aliphatic hydroxyl groups excluding tert-OH is 1. The summed E-state index contributed by atoms with van der Waals surface area (Å²) in [4.78, 5) is 0. The van der Waals surface area contributed by atoms with Crippen LogP contribution >= 0.6 is 0 Å². The molecule has 0 bridgehead atoms. The maximum atomic E-state index is 9.79. The first kappa shape index (κ1) is 10.3. The van der Waals surface area contributed by atoms with Crippen LogP contribution in [0.1, 0.15) is 49.3 Å². The second-order valence-electron chi connectivity index (χ2n) is 5.40. The molecule has 3 atom stereocenters. The highest BCUT2D eigenvalue weighted by molar-refractivity contribution is 5.25. The van der Waals surface area contributed by atoms with Gasteiger partial charge in [0.05, 0.1) is 12.3 Å². The highest BCUT2D eigenvalue weighted by atomic mass is 16.3. The molecule has 0 aliphatic heterocycles. The third kappa shape index (κ3) is 1.58. The normalized spacial score (nSPS) is 34.0. The first-order valence-electron chi connectivity index (χ1n) is 6.44. The van der Waals surface area contributed by atoms with Gasteiger partial charge in [-0.25, -0.2) is 0 Å². The van der Waals surface area contributed by atoms with Gasteiger partial charge in [0.15, 0.2) is 0 Å². The molecular formula is C13H20N2O. The van der Waals surface area contributed by atoms with E-state index in [1.165, 1.54) is 30.5 Å². The van der Waals surface area contributed by atoms with Crippen molar-refractivity contribution in [3.05, 3.63) is 17.5 Å². The molecule has 1 fully saturated rings. The molecule has 3 nitrogen and oxygen atoms in total. The second-order valence-corrected chi connectivity index (χ2v) is 5.40. The van der Waals surface area contributed by atoms with E-state index in [0.29, 0.717) is 11.8 Å². The quantitative estimate of drug-likeness (QED) is 0.726. The molecule has 0 spiro atoms. The molecule has 16 heavy (non-hydrogen) atoms. The average molecular weight is 220 g/mol. The molecule has 1 heterocycles. The Hall–Kier alpha value is -0.830. The third-order valence-electron chi connectivity index (χ3n) is 4.39. The standard InChI is InChI=1S/C13H20N2O/c1-15-13-10(8-14-15)4-2-3-9-7-11(16)5-6-12(9)13/h8-9,11-12,16H,2-7H2,1H3. The lowest BCUT2D eigenvalue weighted by atomic mass is 9.75. The smallest absolute Gasteiger partial charge is 0.0543 e. The molecule has 2 aliphatic rings. The van der Waals surface area contributed by atoms with Gasteiger partial charge >= 0.3 is 0 Å². The van der Waals surface area contributed by atoms with Crippen LogP contribution in [0.3, 0.4) is 0 Å². The van der Waals surface area contributed by atoms with Gasteiger partial charge in [0, 0.05) is 18.7 Å². The Balaban J connectivity index is 1.97. The van der Waals surface area contributed by atoms with Gasteiger partial charge in [-0.05, 0) is 50.0 Å². The molecule has 0 aromatic carbocycles. The van der Waals surface area contributed by atoms with Crippen molar-refractivity contribution in [1.29, 1.82) is 0 Å². The van der Waals surface area contributed by atoms with Crippen molar-refractivity contribution in [2.24, 2.45) is 13.0 Å². The maximum Gasteiger partial charge on any atom is 0.0543 e. The predicted molar refractivity (Wildman–Crippen MR) is 62.2 cm³/mol. The molecule has 1 N–H and O–H groups in total. The lowest BCUT2D eigenvalue weighted by molar-refractivity contribution is 0.0850. The van der Waals surface area contributed by atoms with Crippen molar-refractivity contribution in [3.63, 3.8) is 0 Å². The van der Waals surface area contributed by atoms with Crippen molar-refractivity contribution in [2.75, 3.05) is 0 Å². The van der Waals surface area contributed by atoms with E-state index >= 15 is 0 Å². The molecule has 3 unspecified atom stereocenters. The number of nitrogens with zero attached hydrogens (tertiary/aromatic N) is 2. The monoisotopic (exact) mass is 220 g/mol. The minimum atomic E-state index is -0.0592. The molecule has 2 aliphatic carbocycles. The maximum absolute atomic E-state index is 9.79. The molecule has 3 heteroatoms. The first-order chi connectivity index (χ1) is 7.75. The van der Waals surface area contributed by atoms with Crippen LogP contribution in [0.15, 0.2) is 6.20 Å². The van der Waals surface area contributed by atoms with E-state index in [4.69, 9.17) is 0 Å². The van der Waals surface area contributed by atoms with Gasteiger partial charge in [-0.3, -0.25) is 4.68 Å². The van der Waals surface area contributed by atoms with E-state index < -0.39 is 0 Å². The number of aliphatic hydroxyl groups is 1. The lowest BCUT2D eigenvalue weighted by Crippen LogP contribution is -2.27. The molecule has 3 rings (SSSR count). The predicted octanol–water partition coefficient (Wildman–Crippen LogP) is 2.00. The Labute approximate surface area is 96.5 Å². The van der Waals surface area contributed by atoms with Gasteiger partial charge in [0.1, 0.15) is 0 Å². The Morgan fingerprint density at radius 2 is 2.25 bits per heavy atom. The van der Waals surface area contributed by atoms with E-state index in [2.05, 4.69) is 16.8 Å². The molecule has 88 valence electrons. The summed E-state index contributed by atoms with van der Waals surface area (Å²) in [6, 6.07) is 0. The fraction of sp³-hybridized carbons (Fsp3) is 0.769. The molecular weight excluding hydrogens is 200 g/mol. The molecule has 0 amide bonds. The number of fused-ring (bicyclic) bond motifs is 3. The van der Waals surface area contributed by atoms with E-state index in [-0.39, 0.29) is 6.10 Å². The van der Waals surface area contributed by atoms with E-state index in [9.17, 15) is 5.11 Å². The summed E-state index contributed by atoms with van der Waals surface area (Å²) in [6.45, 7) is 0. The van der Waals surface area contributed by atoms with Crippen LogP contribution in [0.4, 0.5) is 0 Å². The van der Waals surface area contributed by atoms with Gasteiger partial charge < -0.3 is 5.11 Å². The van der Waals surface area contributed by atoms with Crippen LogP contribution in [0.5, 0.6) is 0 Å². The highest BCUT2D eigenvalue weighted by Gasteiger charge is 2.35. The SMILES string of the molecule is Cn1ncc2c1C1CCC(O)CC1CCC2. The topological polar surface area (TPSA) is 38.0 Å². The number of aromatic nitrogens is 2. The molecule has 1 aromatic heterocycles. The largest absolute Gasteiger partial charge is 0.393 e. The van der Waals surface area contributed by atoms with E-state index in [1.807, 2.05) is 6.20 Å². The zero-order valence-electron chi connectivity index (χ0n) is 9.89. The second kappa shape index (κ2) is 3.88. The molecule has 0 radical (unpaired) electrons. The third-order valence-corrected chi connectivity index (χ3v) is 4.39. The van der Waals surface area contributed by atoms with E-state index in [0.717, 1.165) is 19.3 Å². The van der Waals surface area contributed by atoms with Crippen LogP contribution in [-0.4, -0.2) is 21.0 Å². The molecule has 0 saturated heterocycles. The van der Waals surface area contributed by atoms with Gasteiger partial charge in [-0.2, -0.15) is 5.10 Å². The summed E-state index contributed by atoms with van der Waals surface area (Å²) in [7, 11) is 2.06. The summed E-state index contributed by atoms with van der Waals surface area (Å²) in [5, 5.41) is 14.2. The van der Waals surface area contributed by atoms with E-state index in [1.54, 1.807) is 0 Å². The Morgan fingerprint density at radius 1 is 1.38 bits per heavy atom. The number of rotatable bonds is 0. The van der Waals surface area contributed by atoms with Gasteiger partial charge in [0.2, 0.25) is 0 Å². The van der Waals surface area contributed by atoms with Gasteiger partial charge in [-0.1, -0.05) is 0 Å². The van der Waals surface area contributed by atoms with Crippen molar-refractivity contribution >= 4 is 0 Å². The minimum Gasteiger partial charge on any atom is -0.393 e. The average Bonchev–Trinajstić information content (AvgIpc) is 2.53. The minimum absolute atomic E-state index is 0.0592. The Kier molecular flexibility index (Phi) is 2.51. The zero-order valence-corrected chi connectivity index (χ0v) is 9.89. The number of hydrogen-bond donors (Lipinski definition) is 1. The number of hydrogen-bond acceptors (Lipinski definition) is 2. The summed E-state index contributed by atoms with van der Waals surface area (Å²) >= 11 is 0. The van der Waals surface area contributed by atoms with Crippen LogP contribution in [0, 0.1) is 5.92 Å². The summed E-state index contributed by atoms with van der Waals surface area (Å²) in [6.07, 6.45) is 8.79. The summed E-state index contributed by atoms with van der Waals surface area (Å²) in [5.74, 6) is 1.33. The lowest BCUT2D eigenvalue weighted by Gasteiger charge is -2.33. The van der Waals surface area contributed by atoms with Crippen molar-refractivity contribution in [2.45, 2.75) is 50.5 Å². The van der Waals surface area contributed by atoms with Gasteiger partial charge in [-0.15, -0.1) is 0 Å². The van der Waals surface area contributed by atoms with Gasteiger partial charge in [0.25, 0.3) is 0 Å². The molecule has 1 aromatic rings. The molecule has 1 saturated carbocycles. The van der Waals surface area contributed by atoms with Crippen molar-refractivity contribution in [1.82, 2.24) is 9.78 Å². The summed E-state index contributed by atoms with van der Waals surface area (Å²) in [5.41, 5.74) is 2.90. The van der Waals surface area contributed by atoms with Crippen LogP contribution in [-0.2, 0) is 13.5 Å². The number of aryl methyl sites for hydroxylation is 2. The Bertz CT molecular complexity index is 385. The van der Waals surface area contributed by atoms with Crippen LogP contribution in [0.2, 0.25) is 0 Å². The zero-order chi connectivity index (χ0) is 11.1. The van der Waals surface area contributed by atoms with Crippen molar-refractivity contribution in [3.8, 4) is 0 Å². The fourth-order valence-corrected chi connectivity index (χ4v) is 3.64. The Morgan fingerprint density at radius 3 is 3.12 bits per heavy atom. The fourth-order valence-electron chi connectivity index (χ4n) is 3.64. The van der Waals surface area contributed by atoms with Crippen LogP contribution < -0.4 is 0 Å².